The second kappa shape index (κ2) is 4.47. The number of Topliss-reactive ketones (excluding diaryl/α,β-unsaturated/α-hetero) is 1. The third-order valence-electron chi connectivity index (χ3n) is 3.36. The van der Waals surface area contributed by atoms with Gasteiger partial charge in [0.2, 0.25) is 0 Å². The minimum atomic E-state index is -0.552. The summed E-state index contributed by atoms with van der Waals surface area (Å²) in [5.41, 5.74) is 2.91. The van der Waals surface area contributed by atoms with Crippen molar-refractivity contribution in [3.63, 3.8) is 0 Å². The van der Waals surface area contributed by atoms with Gasteiger partial charge < -0.3 is 10.2 Å². The number of carbonyl (C=O) groups excluding carboxylic acids is 2. The zero-order valence-corrected chi connectivity index (χ0v) is 10.4. The Morgan fingerprint density at radius 2 is 2.26 bits per heavy atom. The molecular weight excluding hydrogens is 275 g/mol. The van der Waals surface area contributed by atoms with Crippen molar-refractivity contribution >= 4 is 23.5 Å². The van der Waals surface area contributed by atoms with Crippen LogP contribution in [0.2, 0.25) is 5.02 Å². The summed E-state index contributed by atoms with van der Waals surface area (Å²) in [5, 5.41) is 2.49. The summed E-state index contributed by atoms with van der Waals surface area (Å²) >= 11 is 5.65. The van der Waals surface area contributed by atoms with Crippen molar-refractivity contribution in [1.29, 1.82) is 0 Å². The Labute approximate surface area is 113 Å². The third-order valence-corrected chi connectivity index (χ3v) is 3.65. The molecule has 1 unspecified atom stereocenters. The molecule has 1 saturated carbocycles. The molecule has 0 radical (unpaired) electrons. The van der Waals surface area contributed by atoms with Crippen LogP contribution < -0.4 is 10.8 Å². The second-order valence-electron chi connectivity index (χ2n) is 4.63. The van der Waals surface area contributed by atoms with Crippen molar-refractivity contribution in [2.24, 2.45) is 11.8 Å². The Bertz CT molecular complexity index is 566. The molecule has 3 atom stereocenters. The standard InChI is InChI=1S/C12H10ClFN2O3/c13-8-3-5(1-2-9(8)14)10(17)6-4-7(6)11-15-12(18)19-16-11/h1-3,6-7,11,16H,4H2,(H,15,18)/t6-,7-,11?/m0/s1. The number of hydrogen-bond acceptors (Lipinski definition) is 4. The summed E-state index contributed by atoms with van der Waals surface area (Å²) in [6.45, 7) is 0. The van der Waals surface area contributed by atoms with E-state index < -0.39 is 11.9 Å². The molecule has 1 aromatic carbocycles. The minimum Gasteiger partial charge on any atom is -0.352 e. The van der Waals surface area contributed by atoms with Crippen LogP contribution in [0.5, 0.6) is 0 Å². The van der Waals surface area contributed by atoms with Crippen LogP contribution in [0, 0.1) is 17.7 Å². The Morgan fingerprint density at radius 1 is 1.47 bits per heavy atom. The van der Waals surface area contributed by atoms with Crippen LogP contribution in [0.3, 0.4) is 0 Å². The van der Waals surface area contributed by atoms with Gasteiger partial charge in [0.25, 0.3) is 0 Å². The summed E-state index contributed by atoms with van der Waals surface area (Å²) < 4.78 is 13.0. The van der Waals surface area contributed by atoms with Crippen LogP contribution >= 0.6 is 11.6 Å². The lowest BCUT2D eigenvalue weighted by molar-refractivity contribution is 0.0945. The molecule has 1 aromatic rings. The fourth-order valence-electron chi connectivity index (χ4n) is 2.25. The van der Waals surface area contributed by atoms with Crippen molar-refractivity contribution in [3.05, 3.63) is 34.6 Å². The number of benzene rings is 1. The summed E-state index contributed by atoms with van der Waals surface area (Å²) in [5.74, 6) is -0.873. The predicted octanol–water partition coefficient (Wildman–Crippen LogP) is 1.87. The van der Waals surface area contributed by atoms with Crippen LogP contribution in [0.25, 0.3) is 0 Å². The van der Waals surface area contributed by atoms with E-state index in [0.29, 0.717) is 12.0 Å². The third kappa shape index (κ3) is 2.29. The lowest BCUT2D eigenvalue weighted by atomic mass is 10.1. The van der Waals surface area contributed by atoms with Gasteiger partial charge in [-0.05, 0) is 24.6 Å². The van der Waals surface area contributed by atoms with E-state index in [0.717, 1.165) is 0 Å². The highest BCUT2D eigenvalue weighted by Gasteiger charge is 2.50. The Kier molecular flexibility index (Phi) is 2.91. The SMILES string of the molecule is O=C1NC([C@H]2C[C@@H]2C(=O)c2ccc(F)c(Cl)c2)NO1. The van der Waals surface area contributed by atoms with E-state index in [1.807, 2.05) is 0 Å². The molecule has 2 N–H and O–H groups in total. The van der Waals surface area contributed by atoms with Crippen molar-refractivity contribution < 1.29 is 18.8 Å². The molecule has 5 nitrogen and oxygen atoms in total. The summed E-state index contributed by atoms with van der Waals surface area (Å²) in [4.78, 5) is 27.6. The molecule has 0 bridgehead atoms. The van der Waals surface area contributed by atoms with Crippen molar-refractivity contribution in [2.45, 2.75) is 12.6 Å². The fraction of sp³-hybridized carbons (Fsp3) is 0.333. The highest BCUT2D eigenvalue weighted by Crippen LogP contribution is 2.43. The summed E-state index contributed by atoms with van der Waals surface area (Å²) in [6, 6.07) is 3.91. The lowest BCUT2D eigenvalue weighted by Gasteiger charge is -2.06. The molecule has 3 rings (SSSR count). The summed E-state index contributed by atoms with van der Waals surface area (Å²) in [7, 11) is 0. The molecule has 2 fully saturated rings. The van der Waals surface area contributed by atoms with E-state index in [1.165, 1.54) is 18.2 Å². The van der Waals surface area contributed by atoms with E-state index in [1.54, 1.807) is 0 Å². The Balaban J connectivity index is 1.69. The van der Waals surface area contributed by atoms with E-state index in [4.69, 9.17) is 11.6 Å². The highest BCUT2D eigenvalue weighted by molar-refractivity contribution is 6.31. The van der Waals surface area contributed by atoms with Gasteiger partial charge in [-0.3, -0.25) is 4.79 Å². The molecule has 1 saturated heterocycles. The van der Waals surface area contributed by atoms with Gasteiger partial charge >= 0.3 is 6.09 Å². The zero-order chi connectivity index (χ0) is 13.6. The first-order valence-electron chi connectivity index (χ1n) is 5.78. The zero-order valence-electron chi connectivity index (χ0n) is 9.65. The van der Waals surface area contributed by atoms with Gasteiger partial charge in [0.15, 0.2) is 5.78 Å². The maximum Gasteiger partial charge on any atom is 0.427 e. The molecule has 1 aliphatic carbocycles. The molecule has 100 valence electrons. The first-order chi connectivity index (χ1) is 9.06. The van der Waals surface area contributed by atoms with Gasteiger partial charge in [-0.15, -0.1) is 5.48 Å². The van der Waals surface area contributed by atoms with Gasteiger partial charge in [0.1, 0.15) is 12.0 Å². The monoisotopic (exact) mass is 284 g/mol. The quantitative estimate of drug-likeness (QED) is 0.832. The number of amides is 1. The fourth-order valence-corrected chi connectivity index (χ4v) is 2.43. The topological polar surface area (TPSA) is 67.4 Å². The maximum atomic E-state index is 13.0. The van der Waals surface area contributed by atoms with E-state index >= 15 is 0 Å². The van der Waals surface area contributed by atoms with Crippen molar-refractivity contribution in [2.75, 3.05) is 0 Å². The predicted molar refractivity (Wildman–Crippen MR) is 63.9 cm³/mol. The second-order valence-corrected chi connectivity index (χ2v) is 5.04. The molecule has 19 heavy (non-hydrogen) atoms. The summed E-state index contributed by atoms with van der Waals surface area (Å²) in [6.07, 6.45) is -0.250. The molecule has 2 aliphatic rings. The van der Waals surface area contributed by atoms with Crippen molar-refractivity contribution in [3.8, 4) is 0 Å². The number of carbonyl (C=O) groups is 2. The minimum absolute atomic E-state index is 0.0113. The normalized spacial score (nSPS) is 28.7. The number of rotatable bonds is 3. The van der Waals surface area contributed by atoms with E-state index in [2.05, 4.69) is 15.6 Å². The van der Waals surface area contributed by atoms with Gasteiger partial charge in [-0.1, -0.05) is 11.6 Å². The molecular formula is C12H10ClFN2O3. The molecule has 1 heterocycles. The van der Waals surface area contributed by atoms with Gasteiger partial charge in [0, 0.05) is 17.4 Å². The average molecular weight is 285 g/mol. The van der Waals surface area contributed by atoms with Gasteiger partial charge in [-0.25, -0.2) is 9.18 Å². The van der Waals surface area contributed by atoms with Crippen molar-refractivity contribution in [1.82, 2.24) is 10.8 Å². The van der Waals surface area contributed by atoms with Crippen LogP contribution in [0.15, 0.2) is 18.2 Å². The van der Waals surface area contributed by atoms with Gasteiger partial charge in [0.05, 0.1) is 5.02 Å². The molecule has 1 amide bonds. The van der Waals surface area contributed by atoms with Crippen LogP contribution in [0.4, 0.5) is 9.18 Å². The van der Waals surface area contributed by atoms with E-state index in [9.17, 15) is 14.0 Å². The van der Waals surface area contributed by atoms with Crippen LogP contribution in [0.1, 0.15) is 16.8 Å². The Morgan fingerprint density at radius 3 is 2.89 bits per heavy atom. The van der Waals surface area contributed by atoms with E-state index in [-0.39, 0.29) is 28.8 Å². The average Bonchev–Trinajstić information content (AvgIpc) is 3.07. The largest absolute Gasteiger partial charge is 0.427 e. The Hall–Kier alpha value is -1.66. The first kappa shape index (κ1) is 12.4. The molecule has 7 heteroatoms. The molecule has 1 aliphatic heterocycles. The molecule has 0 spiro atoms. The molecule has 0 aromatic heterocycles. The number of nitrogens with one attached hydrogen (secondary N) is 2. The number of hydrogen-bond donors (Lipinski definition) is 2. The van der Waals surface area contributed by atoms with Crippen LogP contribution in [-0.2, 0) is 4.84 Å². The number of hydroxylamine groups is 1. The van der Waals surface area contributed by atoms with Crippen LogP contribution in [-0.4, -0.2) is 18.0 Å². The highest BCUT2D eigenvalue weighted by atomic mass is 35.5. The number of ketones is 1. The lowest BCUT2D eigenvalue weighted by Crippen LogP contribution is -2.35. The maximum absolute atomic E-state index is 13.0. The first-order valence-corrected chi connectivity index (χ1v) is 6.16. The van der Waals surface area contributed by atoms with Gasteiger partial charge in [-0.2, -0.15) is 0 Å². The smallest absolute Gasteiger partial charge is 0.352 e. The number of halogens is 2.